The number of hydrogen-bond acceptors (Lipinski definition) is 2. The van der Waals surface area contributed by atoms with Gasteiger partial charge in [-0.05, 0) is 24.3 Å². The monoisotopic (exact) mass is 307 g/mol. The molecule has 0 bridgehead atoms. The van der Waals surface area contributed by atoms with Crippen LogP contribution in [-0.2, 0) is 6.61 Å². The van der Waals surface area contributed by atoms with Gasteiger partial charge in [-0.1, -0.05) is 29.5 Å². The van der Waals surface area contributed by atoms with Gasteiger partial charge in [0.1, 0.15) is 24.0 Å². The summed E-state index contributed by atoms with van der Waals surface area (Å²) in [6.45, 7) is 0.131. The molecule has 0 aromatic heterocycles. The van der Waals surface area contributed by atoms with E-state index in [4.69, 9.17) is 22.1 Å². The molecule has 0 radical (unpaired) electrons. The van der Waals surface area contributed by atoms with E-state index >= 15 is 0 Å². The molecule has 21 heavy (non-hydrogen) atoms. The van der Waals surface area contributed by atoms with Gasteiger partial charge in [0.2, 0.25) is 0 Å². The molecule has 0 fully saturated rings. The fraction of sp³-hybridized carbons (Fsp3) is 0.125. The summed E-state index contributed by atoms with van der Waals surface area (Å²) >= 11 is 5.68. The summed E-state index contributed by atoms with van der Waals surface area (Å²) in [7, 11) is 0. The second-order valence-corrected chi connectivity index (χ2v) is 4.61. The molecule has 2 nitrogen and oxygen atoms in total. The molecule has 108 valence electrons. The summed E-state index contributed by atoms with van der Waals surface area (Å²) in [5.41, 5.74) is 6.12. The van der Waals surface area contributed by atoms with Gasteiger partial charge >= 0.3 is 0 Å². The minimum absolute atomic E-state index is 0.0518. The molecule has 2 aromatic rings. The molecule has 5 heteroatoms. The van der Waals surface area contributed by atoms with Crippen molar-refractivity contribution in [2.24, 2.45) is 5.73 Å². The first-order valence-electron chi connectivity index (χ1n) is 6.15. The normalized spacial score (nSPS) is 9.90. The molecule has 2 aromatic carbocycles. The average Bonchev–Trinajstić information content (AvgIpc) is 2.45. The Morgan fingerprint density at radius 1 is 1.14 bits per heavy atom. The Morgan fingerprint density at radius 2 is 1.95 bits per heavy atom. The lowest BCUT2D eigenvalue weighted by Gasteiger charge is -2.09. The van der Waals surface area contributed by atoms with E-state index in [1.807, 2.05) is 0 Å². The highest BCUT2D eigenvalue weighted by Gasteiger charge is 2.07. The van der Waals surface area contributed by atoms with E-state index in [9.17, 15) is 8.78 Å². The lowest BCUT2D eigenvalue weighted by atomic mass is 10.2. The number of nitrogens with two attached hydrogens (primary N) is 1. The van der Waals surface area contributed by atoms with Crippen molar-refractivity contribution in [1.29, 1.82) is 0 Å². The second kappa shape index (κ2) is 7.07. The third-order valence-electron chi connectivity index (χ3n) is 2.67. The third kappa shape index (κ3) is 4.19. The second-order valence-electron chi connectivity index (χ2n) is 4.17. The first-order valence-corrected chi connectivity index (χ1v) is 6.53. The maximum Gasteiger partial charge on any atom is 0.138 e. The Morgan fingerprint density at radius 3 is 2.67 bits per heavy atom. The van der Waals surface area contributed by atoms with Crippen LogP contribution < -0.4 is 10.5 Å². The minimum Gasteiger partial charge on any atom is -0.487 e. The van der Waals surface area contributed by atoms with Gasteiger partial charge < -0.3 is 10.5 Å². The van der Waals surface area contributed by atoms with Gasteiger partial charge in [0.05, 0.1) is 12.1 Å². The van der Waals surface area contributed by atoms with Crippen LogP contribution in [0.1, 0.15) is 11.1 Å². The van der Waals surface area contributed by atoms with E-state index in [1.165, 1.54) is 30.3 Å². The molecule has 0 spiro atoms. The summed E-state index contributed by atoms with van der Waals surface area (Å²) in [5.74, 6) is 4.75. The van der Waals surface area contributed by atoms with Gasteiger partial charge in [0.15, 0.2) is 0 Å². The van der Waals surface area contributed by atoms with E-state index < -0.39 is 11.6 Å². The van der Waals surface area contributed by atoms with Crippen molar-refractivity contribution in [3.63, 3.8) is 0 Å². The number of benzene rings is 2. The van der Waals surface area contributed by atoms with Gasteiger partial charge in [0, 0.05) is 16.7 Å². The summed E-state index contributed by atoms with van der Waals surface area (Å²) in [6.07, 6.45) is 0. The van der Waals surface area contributed by atoms with Crippen LogP contribution in [0.3, 0.4) is 0 Å². The Labute approximate surface area is 126 Å². The van der Waals surface area contributed by atoms with E-state index in [0.29, 0.717) is 16.1 Å². The molecular weight excluding hydrogens is 296 g/mol. The highest BCUT2D eigenvalue weighted by Crippen LogP contribution is 2.22. The van der Waals surface area contributed by atoms with Gasteiger partial charge in [-0.3, -0.25) is 0 Å². The molecular formula is C16H12ClF2NO. The van der Waals surface area contributed by atoms with Crippen LogP contribution in [0.25, 0.3) is 0 Å². The highest BCUT2D eigenvalue weighted by molar-refractivity contribution is 6.30. The minimum atomic E-state index is -0.478. The lowest BCUT2D eigenvalue weighted by molar-refractivity contribution is 0.297. The molecule has 0 unspecified atom stereocenters. The van der Waals surface area contributed by atoms with Crippen LogP contribution in [0.4, 0.5) is 8.78 Å². The Balaban J connectivity index is 2.20. The predicted octanol–water partition coefficient (Wildman–Crippen LogP) is 3.51. The van der Waals surface area contributed by atoms with Gasteiger partial charge in [-0.25, -0.2) is 8.78 Å². The van der Waals surface area contributed by atoms with Crippen LogP contribution in [0.5, 0.6) is 5.75 Å². The zero-order valence-corrected chi connectivity index (χ0v) is 11.8. The topological polar surface area (TPSA) is 35.2 Å². The van der Waals surface area contributed by atoms with Crippen molar-refractivity contribution in [2.75, 3.05) is 6.54 Å². The van der Waals surface area contributed by atoms with Crippen molar-refractivity contribution in [3.8, 4) is 17.6 Å². The third-order valence-corrected chi connectivity index (χ3v) is 2.90. The molecule has 2 rings (SSSR count). The summed E-state index contributed by atoms with van der Waals surface area (Å²) in [5, 5.41) is 0.302. The molecule has 0 amide bonds. The molecule has 0 aliphatic carbocycles. The Kier molecular flexibility index (Phi) is 5.15. The van der Waals surface area contributed by atoms with E-state index in [2.05, 4.69) is 11.8 Å². The highest BCUT2D eigenvalue weighted by atomic mass is 35.5. The van der Waals surface area contributed by atoms with Crippen LogP contribution >= 0.6 is 11.6 Å². The van der Waals surface area contributed by atoms with Crippen LogP contribution in [-0.4, -0.2) is 6.54 Å². The molecule has 0 saturated carbocycles. The number of hydrogen-bond donors (Lipinski definition) is 1. The van der Waals surface area contributed by atoms with Gasteiger partial charge in [0.25, 0.3) is 0 Å². The largest absolute Gasteiger partial charge is 0.487 e. The number of ether oxygens (including phenoxy) is 1. The van der Waals surface area contributed by atoms with Crippen LogP contribution in [0.15, 0.2) is 36.4 Å². The first-order chi connectivity index (χ1) is 10.1. The lowest BCUT2D eigenvalue weighted by Crippen LogP contribution is -2.01. The Bertz CT molecular complexity index is 707. The van der Waals surface area contributed by atoms with Crippen molar-refractivity contribution in [3.05, 3.63) is 64.2 Å². The van der Waals surface area contributed by atoms with Crippen molar-refractivity contribution in [1.82, 2.24) is 0 Å². The van der Waals surface area contributed by atoms with Crippen LogP contribution in [0.2, 0.25) is 5.02 Å². The first kappa shape index (κ1) is 15.3. The average molecular weight is 308 g/mol. The van der Waals surface area contributed by atoms with E-state index in [0.717, 1.165) is 0 Å². The maximum atomic E-state index is 13.7. The Hall–Kier alpha value is -2.09. The quantitative estimate of drug-likeness (QED) is 0.881. The molecule has 0 saturated heterocycles. The SMILES string of the molecule is NCC#Cc1ccc(F)cc1OCc1ccc(Cl)cc1F. The van der Waals surface area contributed by atoms with E-state index in [1.54, 1.807) is 6.07 Å². The number of halogens is 3. The van der Waals surface area contributed by atoms with E-state index in [-0.39, 0.29) is 18.9 Å². The van der Waals surface area contributed by atoms with Crippen molar-refractivity contribution < 1.29 is 13.5 Å². The predicted molar refractivity (Wildman–Crippen MR) is 78.1 cm³/mol. The zero-order valence-electron chi connectivity index (χ0n) is 11.0. The standard InChI is InChI=1S/C16H12ClF2NO/c17-13-5-3-12(15(19)8-13)10-21-16-9-14(18)6-4-11(16)2-1-7-20/h3-6,8-9H,7,10,20H2. The van der Waals surface area contributed by atoms with Gasteiger partial charge in [-0.15, -0.1) is 0 Å². The maximum absolute atomic E-state index is 13.7. The fourth-order valence-electron chi connectivity index (χ4n) is 1.66. The summed E-state index contributed by atoms with van der Waals surface area (Å²) < 4.78 is 32.4. The van der Waals surface area contributed by atoms with Crippen molar-refractivity contribution in [2.45, 2.75) is 6.61 Å². The summed E-state index contributed by atoms with van der Waals surface area (Å²) in [4.78, 5) is 0. The molecule has 2 N–H and O–H groups in total. The molecule has 0 atom stereocenters. The van der Waals surface area contributed by atoms with Gasteiger partial charge in [-0.2, -0.15) is 0 Å². The molecule has 0 aliphatic rings. The van der Waals surface area contributed by atoms with Crippen LogP contribution in [0, 0.1) is 23.5 Å². The van der Waals surface area contributed by atoms with Crippen molar-refractivity contribution >= 4 is 11.6 Å². The summed E-state index contributed by atoms with van der Waals surface area (Å²) in [6, 6.07) is 8.24. The number of rotatable bonds is 3. The molecule has 0 heterocycles. The smallest absolute Gasteiger partial charge is 0.138 e. The zero-order chi connectivity index (χ0) is 15.2. The fourth-order valence-corrected chi connectivity index (χ4v) is 1.82. The molecule has 0 aliphatic heterocycles.